The minimum absolute atomic E-state index is 0.211. The van der Waals surface area contributed by atoms with Crippen LogP contribution in [0.2, 0.25) is 0 Å². The summed E-state index contributed by atoms with van der Waals surface area (Å²) in [5.74, 6) is -0.0830. The van der Waals surface area contributed by atoms with Crippen LogP contribution in [-0.4, -0.2) is 18.5 Å². The zero-order chi connectivity index (χ0) is 13.5. The summed E-state index contributed by atoms with van der Waals surface area (Å²) in [6.07, 6.45) is 2.83. The fourth-order valence-electron chi connectivity index (χ4n) is 1.67. The number of amides is 1. The summed E-state index contributed by atoms with van der Waals surface area (Å²) in [6, 6.07) is 2.03. The van der Waals surface area contributed by atoms with Crippen molar-refractivity contribution in [1.82, 2.24) is 5.32 Å². The lowest BCUT2D eigenvalue weighted by molar-refractivity contribution is -0.121. The highest BCUT2D eigenvalue weighted by Gasteiger charge is 2.19. The topological polar surface area (TPSA) is 78.9 Å². The summed E-state index contributed by atoms with van der Waals surface area (Å²) in [7, 11) is 0. The molecule has 0 radical (unpaired) electrons. The molecule has 1 unspecified atom stereocenters. The highest BCUT2D eigenvalue weighted by molar-refractivity contribution is 5.80. The molecule has 0 bridgehead atoms. The molecule has 0 spiro atoms. The molecule has 0 rings (SSSR count). The molecular weight excluding hydrogens is 214 g/mol. The second-order valence-electron chi connectivity index (χ2n) is 5.53. The smallest absolute Gasteiger partial charge is 0.234 e. The van der Waals surface area contributed by atoms with Gasteiger partial charge in [0.05, 0.1) is 17.5 Å². The minimum Gasteiger partial charge on any atom is -0.368 e. The number of carbonyl (C=O) groups excluding carboxylic acids is 1. The number of hydrogen-bond donors (Lipinski definition) is 2. The van der Waals surface area contributed by atoms with Gasteiger partial charge >= 0.3 is 0 Å². The molecule has 98 valence electrons. The van der Waals surface area contributed by atoms with Crippen molar-refractivity contribution in [3.8, 4) is 6.07 Å². The van der Waals surface area contributed by atoms with Gasteiger partial charge in [-0.25, -0.2) is 0 Å². The van der Waals surface area contributed by atoms with Crippen molar-refractivity contribution in [2.45, 2.75) is 53.0 Å². The maximum atomic E-state index is 11.1. The third-order valence-electron chi connectivity index (χ3n) is 2.87. The number of nitrogens with zero attached hydrogens (tertiary/aromatic N) is 1. The van der Waals surface area contributed by atoms with Crippen LogP contribution in [0.25, 0.3) is 0 Å². The van der Waals surface area contributed by atoms with Crippen LogP contribution >= 0.6 is 0 Å². The van der Waals surface area contributed by atoms with Crippen LogP contribution in [0.5, 0.6) is 0 Å². The van der Waals surface area contributed by atoms with Gasteiger partial charge in [0.15, 0.2) is 0 Å². The van der Waals surface area contributed by atoms with E-state index in [9.17, 15) is 4.79 Å². The van der Waals surface area contributed by atoms with E-state index in [4.69, 9.17) is 11.0 Å². The predicted molar refractivity (Wildman–Crippen MR) is 69.1 cm³/mol. The van der Waals surface area contributed by atoms with Crippen molar-refractivity contribution in [3.63, 3.8) is 0 Å². The predicted octanol–water partition coefficient (Wildman–Crippen LogP) is 1.81. The van der Waals surface area contributed by atoms with E-state index < -0.39 is 0 Å². The van der Waals surface area contributed by atoms with Gasteiger partial charge in [0.2, 0.25) is 5.91 Å². The Morgan fingerprint density at radius 2 is 2.00 bits per heavy atom. The second-order valence-corrected chi connectivity index (χ2v) is 5.53. The zero-order valence-electron chi connectivity index (χ0n) is 11.4. The largest absolute Gasteiger partial charge is 0.368 e. The summed E-state index contributed by atoms with van der Waals surface area (Å²) in [5, 5.41) is 12.0. The number of nitriles is 1. The van der Waals surface area contributed by atoms with Gasteiger partial charge in [0.1, 0.15) is 0 Å². The Morgan fingerprint density at radius 1 is 1.41 bits per heavy atom. The second kappa shape index (κ2) is 7.29. The number of unbranched alkanes of at least 4 members (excludes halogenated alkanes) is 1. The first-order chi connectivity index (χ1) is 7.80. The van der Waals surface area contributed by atoms with Crippen molar-refractivity contribution in [3.05, 3.63) is 0 Å². The van der Waals surface area contributed by atoms with E-state index in [0.717, 1.165) is 25.8 Å². The lowest BCUT2D eigenvalue weighted by atomic mass is 9.89. The summed E-state index contributed by atoms with van der Waals surface area (Å²) >= 11 is 0. The third kappa shape index (κ3) is 6.96. The van der Waals surface area contributed by atoms with Crippen LogP contribution in [0.1, 0.15) is 47.0 Å². The van der Waals surface area contributed by atoms with Gasteiger partial charge in [0.25, 0.3) is 0 Å². The number of hydrogen-bond acceptors (Lipinski definition) is 3. The molecule has 0 aliphatic heterocycles. The van der Waals surface area contributed by atoms with Gasteiger partial charge in [-0.3, -0.25) is 4.79 Å². The fraction of sp³-hybridized carbons (Fsp3) is 0.846. The normalized spacial score (nSPS) is 13.4. The van der Waals surface area contributed by atoms with Gasteiger partial charge in [0, 0.05) is 0 Å². The summed E-state index contributed by atoms with van der Waals surface area (Å²) in [6.45, 7) is 8.61. The Hall–Kier alpha value is -1.08. The molecule has 1 amide bonds. The highest BCUT2D eigenvalue weighted by Crippen LogP contribution is 2.21. The first-order valence-electron chi connectivity index (χ1n) is 6.24. The van der Waals surface area contributed by atoms with Gasteiger partial charge in [-0.05, 0) is 39.2 Å². The van der Waals surface area contributed by atoms with Crippen LogP contribution in [0.4, 0.5) is 0 Å². The van der Waals surface area contributed by atoms with E-state index in [1.54, 1.807) is 0 Å². The molecular formula is C13H25N3O. The van der Waals surface area contributed by atoms with Crippen LogP contribution in [0.15, 0.2) is 0 Å². The van der Waals surface area contributed by atoms with Gasteiger partial charge in [-0.15, -0.1) is 0 Å². The van der Waals surface area contributed by atoms with E-state index in [0.29, 0.717) is 0 Å². The van der Waals surface area contributed by atoms with Gasteiger partial charge in [-0.2, -0.15) is 5.26 Å². The molecule has 4 nitrogen and oxygen atoms in total. The highest BCUT2D eigenvalue weighted by atomic mass is 16.1. The average Bonchev–Trinajstić information content (AvgIpc) is 2.22. The summed E-state index contributed by atoms with van der Waals surface area (Å²) < 4.78 is 0. The van der Waals surface area contributed by atoms with Crippen molar-refractivity contribution < 1.29 is 4.79 Å². The lowest BCUT2D eigenvalue weighted by Crippen LogP contribution is -2.45. The molecule has 0 saturated heterocycles. The van der Waals surface area contributed by atoms with Crippen LogP contribution in [-0.2, 0) is 4.79 Å². The van der Waals surface area contributed by atoms with E-state index in [1.807, 2.05) is 27.7 Å². The molecule has 0 aromatic heterocycles. The Morgan fingerprint density at radius 3 is 2.41 bits per heavy atom. The Bertz CT molecular complexity index is 279. The maximum absolute atomic E-state index is 11.1. The quantitative estimate of drug-likeness (QED) is 0.634. The Balaban J connectivity index is 3.78. The molecule has 1 atom stereocenters. The Kier molecular flexibility index (Phi) is 6.82. The van der Waals surface area contributed by atoms with Crippen LogP contribution < -0.4 is 11.1 Å². The van der Waals surface area contributed by atoms with E-state index in [-0.39, 0.29) is 23.3 Å². The molecule has 4 heteroatoms. The monoisotopic (exact) mass is 239 g/mol. The number of nitrogens with one attached hydrogen (secondary N) is 1. The Labute approximate surface area is 105 Å². The first-order valence-corrected chi connectivity index (χ1v) is 6.24. The van der Waals surface area contributed by atoms with Crippen molar-refractivity contribution in [2.24, 2.45) is 17.1 Å². The lowest BCUT2D eigenvalue weighted by Gasteiger charge is -2.19. The molecule has 0 heterocycles. The van der Waals surface area contributed by atoms with E-state index in [1.165, 1.54) is 0 Å². The molecule has 3 N–H and O–H groups in total. The van der Waals surface area contributed by atoms with Gasteiger partial charge in [-0.1, -0.05) is 20.3 Å². The maximum Gasteiger partial charge on any atom is 0.234 e. The molecule has 17 heavy (non-hydrogen) atoms. The standard InChI is InChI=1S/C13H25N3O/c1-10(2)11(12(15)17)16-8-6-5-7-13(3,4)9-14/h10-11,16H,5-8H2,1-4H3,(H2,15,17). The number of rotatable bonds is 8. The van der Waals surface area contributed by atoms with E-state index in [2.05, 4.69) is 11.4 Å². The van der Waals surface area contributed by atoms with Crippen LogP contribution in [0.3, 0.4) is 0 Å². The number of primary amides is 1. The first kappa shape index (κ1) is 15.9. The van der Waals surface area contributed by atoms with Crippen molar-refractivity contribution in [2.75, 3.05) is 6.54 Å². The third-order valence-corrected chi connectivity index (χ3v) is 2.87. The summed E-state index contributed by atoms with van der Waals surface area (Å²) in [5.41, 5.74) is 5.05. The molecule has 0 saturated carbocycles. The molecule has 0 fully saturated rings. The minimum atomic E-state index is -0.294. The SMILES string of the molecule is CC(C)C(NCCCCC(C)(C)C#N)C(N)=O. The molecule has 0 aliphatic carbocycles. The molecule has 0 aromatic rings. The zero-order valence-corrected chi connectivity index (χ0v) is 11.4. The van der Waals surface area contributed by atoms with E-state index >= 15 is 0 Å². The van der Waals surface area contributed by atoms with Gasteiger partial charge < -0.3 is 11.1 Å². The fourth-order valence-corrected chi connectivity index (χ4v) is 1.67. The summed E-state index contributed by atoms with van der Waals surface area (Å²) in [4.78, 5) is 11.1. The molecule has 0 aromatic carbocycles. The number of carbonyl (C=O) groups is 1. The van der Waals surface area contributed by atoms with Crippen LogP contribution in [0, 0.1) is 22.7 Å². The number of nitrogens with two attached hydrogens (primary N) is 1. The van der Waals surface area contributed by atoms with Crippen molar-refractivity contribution in [1.29, 1.82) is 5.26 Å². The molecule has 0 aliphatic rings. The van der Waals surface area contributed by atoms with Crippen molar-refractivity contribution >= 4 is 5.91 Å². The average molecular weight is 239 g/mol.